The van der Waals surface area contributed by atoms with E-state index >= 15 is 0 Å². The lowest BCUT2D eigenvalue weighted by atomic mass is 10.3. The van der Waals surface area contributed by atoms with Crippen molar-refractivity contribution in [3.8, 4) is 0 Å². The second-order valence-corrected chi connectivity index (χ2v) is 4.39. The third-order valence-electron chi connectivity index (χ3n) is 2.87. The fourth-order valence-corrected chi connectivity index (χ4v) is 1.95. The molecule has 0 spiro atoms. The molecule has 0 bridgehead atoms. The number of nitrogens with zero attached hydrogens (tertiary/aromatic N) is 4. The van der Waals surface area contributed by atoms with Crippen LogP contribution in [0.2, 0.25) is 0 Å². The highest BCUT2D eigenvalue weighted by molar-refractivity contribution is 5.92. The molecule has 0 aromatic carbocycles. The van der Waals surface area contributed by atoms with Crippen molar-refractivity contribution in [3.63, 3.8) is 0 Å². The van der Waals surface area contributed by atoms with Gasteiger partial charge in [-0.2, -0.15) is 5.10 Å². The molecule has 0 aliphatic rings. The molecule has 0 fully saturated rings. The Morgan fingerprint density at radius 3 is 2.95 bits per heavy atom. The second-order valence-electron chi connectivity index (χ2n) is 4.39. The summed E-state index contributed by atoms with van der Waals surface area (Å²) < 4.78 is 1.54. The number of aryl methyl sites for hydroxylation is 1. The van der Waals surface area contributed by atoms with Gasteiger partial charge in [0.15, 0.2) is 5.65 Å². The molecule has 0 aliphatic heterocycles. The number of fused-ring (bicyclic) bond motifs is 1. The molecule has 20 heavy (non-hydrogen) atoms. The first-order valence-corrected chi connectivity index (χ1v) is 6.23. The average Bonchev–Trinajstić information content (AvgIpc) is 2.85. The summed E-state index contributed by atoms with van der Waals surface area (Å²) in [5.41, 5.74) is 2.75. The summed E-state index contributed by atoms with van der Waals surface area (Å²) in [6, 6.07) is 9.06. The van der Waals surface area contributed by atoms with E-state index in [2.05, 4.69) is 20.4 Å². The van der Waals surface area contributed by atoms with E-state index in [1.807, 2.05) is 31.2 Å². The number of nitrogens with one attached hydrogen (secondary N) is 1. The monoisotopic (exact) mass is 267 g/mol. The third kappa shape index (κ3) is 2.35. The largest absolute Gasteiger partial charge is 0.345 e. The highest BCUT2D eigenvalue weighted by Gasteiger charge is 2.11. The third-order valence-corrected chi connectivity index (χ3v) is 2.87. The van der Waals surface area contributed by atoms with E-state index in [1.165, 1.54) is 0 Å². The lowest BCUT2D eigenvalue weighted by molar-refractivity contribution is 0.0943. The summed E-state index contributed by atoms with van der Waals surface area (Å²) in [5, 5.41) is 7.09. The number of amides is 1. The maximum atomic E-state index is 12.2. The summed E-state index contributed by atoms with van der Waals surface area (Å²) in [4.78, 5) is 20.5. The van der Waals surface area contributed by atoms with Crippen molar-refractivity contribution in [3.05, 3.63) is 59.8 Å². The van der Waals surface area contributed by atoms with Gasteiger partial charge in [0, 0.05) is 18.5 Å². The fraction of sp³-hybridized carbons (Fsp3) is 0.143. The Labute approximate surface area is 115 Å². The molecule has 3 aromatic heterocycles. The Kier molecular flexibility index (Phi) is 3.12. The van der Waals surface area contributed by atoms with E-state index in [1.54, 1.807) is 23.0 Å². The highest BCUT2D eigenvalue weighted by Crippen LogP contribution is 2.06. The molecule has 100 valence electrons. The van der Waals surface area contributed by atoms with Gasteiger partial charge < -0.3 is 5.32 Å². The molecule has 3 heterocycles. The van der Waals surface area contributed by atoms with Crippen LogP contribution >= 0.6 is 0 Å². The van der Waals surface area contributed by atoms with Crippen LogP contribution in [0.15, 0.2) is 42.7 Å². The number of hydrogen-bond donors (Lipinski definition) is 1. The number of pyridine rings is 1. The van der Waals surface area contributed by atoms with Crippen LogP contribution in [0.4, 0.5) is 0 Å². The first-order chi connectivity index (χ1) is 9.74. The normalized spacial score (nSPS) is 10.7. The standard InChI is InChI=1S/C14H13N5O/c1-10-8-13-16-7-5-12(19(13)18-10)14(20)17-9-11-4-2-3-6-15-11/h2-8H,9H2,1H3,(H,17,20). The lowest BCUT2D eigenvalue weighted by Gasteiger charge is -2.06. The van der Waals surface area contributed by atoms with Gasteiger partial charge in [-0.25, -0.2) is 9.50 Å². The molecule has 1 N–H and O–H groups in total. The van der Waals surface area contributed by atoms with Crippen LogP contribution in [0.1, 0.15) is 21.9 Å². The van der Waals surface area contributed by atoms with Crippen molar-refractivity contribution in [1.82, 2.24) is 24.9 Å². The van der Waals surface area contributed by atoms with Gasteiger partial charge in [-0.15, -0.1) is 0 Å². The number of carbonyl (C=O) groups is 1. The fourth-order valence-electron chi connectivity index (χ4n) is 1.95. The van der Waals surface area contributed by atoms with Gasteiger partial charge in [0.2, 0.25) is 0 Å². The summed E-state index contributed by atoms with van der Waals surface area (Å²) in [5.74, 6) is -0.203. The van der Waals surface area contributed by atoms with Crippen molar-refractivity contribution in [2.24, 2.45) is 0 Å². The summed E-state index contributed by atoms with van der Waals surface area (Å²) in [6.07, 6.45) is 3.30. The van der Waals surface area contributed by atoms with Crippen molar-refractivity contribution in [2.75, 3.05) is 0 Å². The molecule has 3 rings (SSSR count). The van der Waals surface area contributed by atoms with E-state index in [4.69, 9.17) is 0 Å². The van der Waals surface area contributed by atoms with Crippen LogP contribution in [-0.2, 0) is 6.54 Å². The smallest absolute Gasteiger partial charge is 0.270 e. The minimum atomic E-state index is -0.203. The predicted octanol–water partition coefficient (Wildman–Crippen LogP) is 1.36. The number of carbonyl (C=O) groups excluding carboxylic acids is 1. The van der Waals surface area contributed by atoms with Gasteiger partial charge in [0.1, 0.15) is 5.69 Å². The Morgan fingerprint density at radius 1 is 1.25 bits per heavy atom. The molecule has 6 heteroatoms. The summed E-state index contributed by atoms with van der Waals surface area (Å²) in [7, 11) is 0. The molecular formula is C14H13N5O. The Bertz CT molecular complexity index is 751. The van der Waals surface area contributed by atoms with Crippen LogP contribution in [0.25, 0.3) is 5.65 Å². The molecule has 6 nitrogen and oxygen atoms in total. The molecular weight excluding hydrogens is 254 g/mol. The molecule has 0 radical (unpaired) electrons. The van der Waals surface area contributed by atoms with Crippen molar-refractivity contribution in [2.45, 2.75) is 13.5 Å². The minimum absolute atomic E-state index is 0.203. The molecule has 0 saturated carbocycles. The van der Waals surface area contributed by atoms with Crippen molar-refractivity contribution >= 4 is 11.6 Å². The van der Waals surface area contributed by atoms with Crippen molar-refractivity contribution in [1.29, 1.82) is 0 Å². The maximum Gasteiger partial charge on any atom is 0.270 e. The average molecular weight is 267 g/mol. The van der Waals surface area contributed by atoms with E-state index in [-0.39, 0.29) is 5.91 Å². The zero-order valence-electron chi connectivity index (χ0n) is 10.9. The van der Waals surface area contributed by atoms with E-state index in [9.17, 15) is 4.79 Å². The lowest BCUT2D eigenvalue weighted by Crippen LogP contribution is -2.25. The van der Waals surface area contributed by atoms with E-state index < -0.39 is 0 Å². The van der Waals surface area contributed by atoms with Crippen LogP contribution in [0.5, 0.6) is 0 Å². The molecule has 0 atom stereocenters. The van der Waals surface area contributed by atoms with Gasteiger partial charge in [-0.05, 0) is 25.1 Å². The number of rotatable bonds is 3. The van der Waals surface area contributed by atoms with Gasteiger partial charge in [-0.1, -0.05) is 6.07 Å². The Balaban J connectivity index is 1.82. The Hall–Kier alpha value is -2.76. The first kappa shape index (κ1) is 12.3. The van der Waals surface area contributed by atoms with Gasteiger partial charge in [0.05, 0.1) is 17.9 Å². The molecule has 0 saturated heterocycles. The quantitative estimate of drug-likeness (QED) is 0.777. The van der Waals surface area contributed by atoms with Crippen LogP contribution in [0.3, 0.4) is 0 Å². The van der Waals surface area contributed by atoms with Crippen LogP contribution < -0.4 is 5.32 Å². The molecule has 3 aromatic rings. The maximum absolute atomic E-state index is 12.2. The van der Waals surface area contributed by atoms with Gasteiger partial charge in [-0.3, -0.25) is 9.78 Å². The molecule has 0 aliphatic carbocycles. The second kappa shape index (κ2) is 5.08. The predicted molar refractivity (Wildman–Crippen MR) is 73.1 cm³/mol. The van der Waals surface area contributed by atoms with Crippen LogP contribution in [-0.4, -0.2) is 25.5 Å². The first-order valence-electron chi connectivity index (χ1n) is 6.23. The topological polar surface area (TPSA) is 72.2 Å². The van der Waals surface area contributed by atoms with Gasteiger partial charge in [0.25, 0.3) is 5.91 Å². The minimum Gasteiger partial charge on any atom is -0.345 e. The van der Waals surface area contributed by atoms with Crippen molar-refractivity contribution < 1.29 is 4.79 Å². The number of hydrogen-bond acceptors (Lipinski definition) is 4. The van der Waals surface area contributed by atoms with E-state index in [0.29, 0.717) is 17.9 Å². The summed E-state index contributed by atoms with van der Waals surface area (Å²) in [6.45, 7) is 2.24. The SMILES string of the molecule is Cc1cc2nccc(C(=O)NCc3ccccn3)n2n1. The van der Waals surface area contributed by atoms with Crippen LogP contribution in [0, 0.1) is 6.92 Å². The molecule has 0 unspecified atom stereocenters. The number of aromatic nitrogens is 4. The molecule has 1 amide bonds. The summed E-state index contributed by atoms with van der Waals surface area (Å²) >= 11 is 0. The zero-order valence-corrected chi connectivity index (χ0v) is 10.9. The van der Waals surface area contributed by atoms with E-state index in [0.717, 1.165) is 11.4 Å². The highest BCUT2D eigenvalue weighted by atomic mass is 16.2. The van der Waals surface area contributed by atoms with Gasteiger partial charge >= 0.3 is 0 Å². The zero-order chi connectivity index (χ0) is 13.9. The Morgan fingerprint density at radius 2 is 2.15 bits per heavy atom.